The van der Waals surface area contributed by atoms with E-state index < -0.39 is 9.84 Å². The average molecular weight is 346 g/mol. The van der Waals surface area contributed by atoms with Crippen LogP contribution in [0.15, 0.2) is 35.2 Å². The standard InChI is InChI=1S/C17H22N4O2S/c1-11-14(15(18)21-16(19)20-11)9-10-17(2,3)12-5-7-13(8-6-12)24(4,22)23/h5-10H,1-4H3,(H4,18,19,20,21). The minimum atomic E-state index is -3.20. The molecule has 7 heteroatoms. The molecule has 0 radical (unpaired) electrons. The first-order valence-electron chi connectivity index (χ1n) is 7.40. The predicted octanol–water partition coefficient (Wildman–Crippen LogP) is 2.34. The second kappa shape index (κ2) is 6.24. The molecule has 0 aliphatic carbocycles. The highest BCUT2D eigenvalue weighted by Gasteiger charge is 2.18. The summed E-state index contributed by atoms with van der Waals surface area (Å²) in [5.74, 6) is 0.484. The van der Waals surface area contributed by atoms with Crippen molar-refractivity contribution in [3.8, 4) is 0 Å². The number of hydrogen-bond acceptors (Lipinski definition) is 6. The maximum atomic E-state index is 11.6. The van der Waals surface area contributed by atoms with E-state index in [-0.39, 0.29) is 11.4 Å². The number of rotatable bonds is 4. The summed E-state index contributed by atoms with van der Waals surface area (Å²) in [5, 5.41) is 0. The van der Waals surface area contributed by atoms with Crippen molar-refractivity contribution < 1.29 is 8.42 Å². The van der Waals surface area contributed by atoms with Crippen LogP contribution in [0.2, 0.25) is 0 Å². The molecule has 1 heterocycles. The maximum absolute atomic E-state index is 11.6. The van der Waals surface area contributed by atoms with E-state index in [1.54, 1.807) is 12.1 Å². The molecule has 0 saturated carbocycles. The van der Waals surface area contributed by atoms with Crippen LogP contribution in [-0.2, 0) is 15.3 Å². The molecule has 2 rings (SSSR count). The molecular formula is C17H22N4O2S. The van der Waals surface area contributed by atoms with Gasteiger partial charge in [0.1, 0.15) is 5.82 Å². The normalized spacial score (nSPS) is 12.7. The molecule has 1 aromatic heterocycles. The summed E-state index contributed by atoms with van der Waals surface area (Å²) in [5.41, 5.74) is 13.6. The zero-order valence-corrected chi connectivity index (χ0v) is 15.1. The molecule has 0 aliphatic rings. The van der Waals surface area contributed by atoms with Crippen LogP contribution in [0.1, 0.15) is 30.7 Å². The molecule has 0 atom stereocenters. The van der Waals surface area contributed by atoms with E-state index in [0.29, 0.717) is 16.4 Å². The monoisotopic (exact) mass is 346 g/mol. The Morgan fingerprint density at radius 1 is 1.08 bits per heavy atom. The Hall–Kier alpha value is -2.41. The van der Waals surface area contributed by atoms with Crippen LogP contribution >= 0.6 is 0 Å². The molecule has 0 unspecified atom stereocenters. The first kappa shape index (κ1) is 17.9. The van der Waals surface area contributed by atoms with Crippen LogP contribution in [0.4, 0.5) is 11.8 Å². The van der Waals surface area contributed by atoms with Gasteiger partial charge in [-0.3, -0.25) is 0 Å². The Labute approximate surface area is 142 Å². The molecule has 128 valence electrons. The summed E-state index contributed by atoms with van der Waals surface area (Å²) in [7, 11) is -3.20. The molecule has 24 heavy (non-hydrogen) atoms. The van der Waals surface area contributed by atoms with E-state index in [9.17, 15) is 8.42 Å². The molecule has 0 amide bonds. The van der Waals surface area contributed by atoms with Gasteiger partial charge in [-0.2, -0.15) is 4.98 Å². The van der Waals surface area contributed by atoms with Crippen molar-refractivity contribution in [3.63, 3.8) is 0 Å². The van der Waals surface area contributed by atoms with E-state index in [1.165, 1.54) is 6.26 Å². The Morgan fingerprint density at radius 3 is 2.17 bits per heavy atom. The molecule has 0 fully saturated rings. The minimum Gasteiger partial charge on any atom is -0.383 e. The van der Waals surface area contributed by atoms with Gasteiger partial charge in [-0.15, -0.1) is 0 Å². The molecule has 0 aliphatic heterocycles. The smallest absolute Gasteiger partial charge is 0.222 e. The second-order valence-corrected chi connectivity index (χ2v) is 8.33. The van der Waals surface area contributed by atoms with Crippen molar-refractivity contribution in [3.05, 3.63) is 47.2 Å². The van der Waals surface area contributed by atoms with Gasteiger partial charge in [0.15, 0.2) is 9.84 Å². The van der Waals surface area contributed by atoms with Crippen molar-refractivity contribution >= 4 is 27.7 Å². The van der Waals surface area contributed by atoms with Gasteiger partial charge >= 0.3 is 0 Å². The molecular weight excluding hydrogens is 324 g/mol. The lowest BCUT2D eigenvalue weighted by atomic mass is 9.84. The van der Waals surface area contributed by atoms with Gasteiger partial charge in [0, 0.05) is 17.2 Å². The third-order valence-corrected chi connectivity index (χ3v) is 5.00. The zero-order chi connectivity index (χ0) is 18.1. The second-order valence-electron chi connectivity index (χ2n) is 6.32. The number of sulfone groups is 1. The molecule has 2 aromatic rings. The van der Waals surface area contributed by atoms with Crippen LogP contribution < -0.4 is 11.5 Å². The summed E-state index contributed by atoms with van der Waals surface area (Å²) in [6, 6.07) is 6.87. The van der Waals surface area contributed by atoms with Gasteiger partial charge in [-0.1, -0.05) is 38.1 Å². The van der Waals surface area contributed by atoms with Crippen LogP contribution in [0, 0.1) is 6.92 Å². The van der Waals surface area contributed by atoms with Gasteiger partial charge in [0.25, 0.3) is 0 Å². The molecule has 0 bridgehead atoms. The Bertz CT molecular complexity index is 862. The van der Waals surface area contributed by atoms with Crippen molar-refractivity contribution in [1.29, 1.82) is 0 Å². The Morgan fingerprint density at radius 2 is 1.67 bits per heavy atom. The van der Waals surface area contributed by atoms with Crippen molar-refractivity contribution in [1.82, 2.24) is 9.97 Å². The summed E-state index contributed by atoms with van der Waals surface area (Å²) in [6.07, 6.45) is 5.05. The number of anilines is 2. The highest BCUT2D eigenvalue weighted by molar-refractivity contribution is 7.90. The topological polar surface area (TPSA) is 112 Å². The van der Waals surface area contributed by atoms with Gasteiger partial charge < -0.3 is 11.5 Å². The van der Waals surface area contributed by atoms with E-state index >= 15 is 0 Å². The number of benzene rings is 1. The molecule has 1 aromatic carbocycles. The quantitative estimate of drug-likeness (QED) is 0.879. The molecule has 0 saturated heterocycles. The number of hydrogen-bond donors (Lipinski definition) is 2. The highest BCUT2D eigenvalue weighted by atomic mass is 32.2. The van der Waals surface area contributed by atoms with Gasteiger partial charge in [-0.05, 0) is 24.6 Å². The van der Waals surface area contributed by atoms with Crippen LogP contribution in [-0.4, -0.2) is 24.6 Å². The Kier molecular flexibility index (Phi) is 4.66. The first-order chi connectivity index (χ1) is 11.0. The number of aryl methyl sites for hydroxylation is 1. The summed E-state index contributed by atoms with van der Waals surface area (Å²) in [4.78, 5) is 8.39. The summed E-state index contributed by atoms with van der Waals surface area (Å²) in [6.45, 7) is 5.88. The average Bonchev–Trinajstić information content (AvgIpc) is 2.45. The van der Waals surface area contributed by atoms with E-state index in [2.05, 4.69) is 9.97 Å². The zero-order valence-electron chi connectivity index (χ0n) is 14.2. The molecule has 6 nitrogen and oxygen atoms in total. The van der Waals surface area contributed by atoms with Gasteiger partial charge in [0.2, 0.25) is 5.95 Å². The fourth-order valence-corrected chi connectivity index (χ4v) is 2.98. The Balaban J connectivity index is 2.34. The van der Waals surface area contributed by atoms with Crippen LogP contribution in [0.5, 0.6) is 0 Å². The maximum Gasteiger partial charge on any atom is 0.222 e. The van der Waals surface area contributed by atoms with Crippen LogP contribution in [0.25, 0.3) is 6.08 Å². The number of allylic oxidation sites excluding steroid dienone is 1. The molecule has 0 spiro atoms. The van der Waals surface area contributed by atoms with E-state index in [4.69, 9.17) is 11.5 Å². The summed E-state index contributed by atoms with van der Waals surface area (Å²) >= 11 is 0. The van der Waals surface area contributed by atoms with Crippen molar-refractivity contribution in [2.75, 3.05) is 17.7 Å². The fraction of sp³-hybridized carbons (Fsp3) is 0.294. The number of nitrogens with zero attached hydrogens (tertiary/aromatic N) is 2. The van der Waals surface area contributed by atoms with E-state index in [1.807, 2.05) is 45.1 Å². The third-order valence-electron chi connectivity index (χ3n) is 3.88. The number of nitrogens with two attached hydrogens (primary N) is 2. The van der Waals surface area contributed by atoms with Crippen molar-refractivity contribution in [2.24, 2.45) is 0 Å². The van der Waals surface area contributed by atoms with Gasteiger partial charge in [-0.25, -0.2) is 13.4 Å². The first-order valence-corrected chi connectivity index (χ1v) is 9.29. The SMILES string of the molecule is Cc1nc(N)nc(N)c1C=CC(C)(C)c1ccc(S(C)(=O)=O)cc1. The molecule has 4 N–H and O–H groups in total. The minimum absolute atomic E-state index is 0.151. The number of aromatic nitrogens is 2. The lowest BCUT2D eigenvalue weighted by molar-refractivity contribution is 0.601. The lowest BCUT2D eigenvalue weighted by Crippen LogP contribution is -2.14. The highest BCUT2D eigenvalue weighted by Crippen LogP contribution is 2.28. The largest absolute Gasteiger partial charge is 0.383 e. The predicted molar refractivity (Wildman–Crippen MR) is 97.2 cm³/mol. The van der Waals surface area contributed by atoms with E-state index in [0.717, 1.165) is 11.1 Å². The fourth-order valence-electron chi connectivity index (χ4n) is 2.35. The van der Waals surface area contributed by atoms with Crippen LogP contribution in [0.3, 0.4) is 0 Å². The third kappa shape index (κ3) is 3.91. The van der Waals surface area contributed by atoms with Gasteiger partial charge in [0.05, 0.1) is 10.6 Å². The number of nitrogen functional groups attached to an aromatic ring is 2. The van der Waals surface area contributed by atoms with Crippen molar-refractivity contribution in [2.45, 2.75) is 31.1 Å². The lowest BCUT2D eigenvalue weighted by Gasteiger charge is -2.21. The summed E-state index contributed by atoms with van der Waals surface area (Å²) < 4.78 is 23.1.